The molecular weight excluding hydrogens is 267 g/mol. The van der Waals surface area contributed by atoms with Gasteiger partial charge in [0.25, 0.3) is 0 Å². The molecule has 3 nitrogen and oxygen atoms in total. The standard InChI is InChI=1S/C7H7NO2.Ba.2H/c8-6-4-2-1-3-5(6)7(9)10;;;/h1-4H,8H2,(H,9,10);;;/q;+2;2*-1. The summed E-state index contributed by atoms with van der Waals surface area (Å²) in [5, 5.41) is 8.49. The molecule has 0 amide bonds. The summed E-state index contributed by atoms with van der Waals surface area (Å²) in [5.74, 6) is -0.988. The van der Waals surface area contributed by atoms with Crippen molar-refractivity contribution in [3.63, 3.8) is 0 Å². The van der Waals surface area contributed by atoms with Crippen molar-refractivity contribution >= 4 is 60.5 Å². The van der Waals surface area contributed by atoms with E-state index in [4.69, 9.17) is 10.8 Å². The van der Waals surface area contributed by atoms with E-state index in [9.17, 15) is 4.79 Å². The van der Waals surface area contributed by atoms with Crippen LogP contribution in [-0.2, 0) is 0 Å². The van der Waals surface area contributed by atoms with Crippen molar-refractivity contribution in [3.05, 3.63) is 29.8 Å². The quantitative estimate of drug-likeness (QED) is 0.589. The predicted molar refractivity (Wildman–Crippen MR) is 45.8 cm³/mol. The number of benzene rings is 1. The van der Waals surface area contributed by atoms with E-state index in [0.717, 1.165) is 0 Å². The second-order valence-electron chi connectivity index (χ2n) is 1.89. The van der Waals surface area contributed by atoms with Crippen molar-refractivity contribution in [1.82, 2.24) is 0 Å². The molecule has 1 aromatic carbocycles. The number of hydrogen-bond acceptors (Lipinski definition) is 2. The van der Waals surface area contributed by atoms with Crippen LogP contribution in [0.15, 0.2) is 24.3 Å². The molecule has 0 saturated carbocycles. The SMILES string of the molecule is Nc1ccccc1C(=O)O.[Ba+2].[H-].[H-]. The summed E-state index contributed by atoms with van der Waals surface area (Å²) < 4.78 is 0. The number of hydrogen-bond donors (Lipinski definition) is 2. The van der Waals surface area contributed by atoms with E-state index in [1.54, 1.807) is 18.2 Å². The topological polar surface area (TPSA) is 63.3 Å². The molecule has 0 aliphatic carbocycles. The van der Waals surface area contributed by atoms with E-state index >= 15 is 0 Å². The Morgan fingerprint density at radius 1 is 1.45 bits per heavy atom. The van der Waals surface area contributed by atoms with Crippen molar-refractivity contribution in [2.24, 2.45) is 0 Å². The number of carboxylic acids is 1. The van der Waals surface area contributed by atoms with Crippen LogP contribution >= 0.6 is 0 Å². The third-order valence-electron chi connectivity index (χ3n) is 1.19. The van der Waals surface area contributed by atoms with Crippen molar-refractivity contribution in [2.45, 2.75) is 0 Å². The monoisotopic (exact) mass is 277 g/mol. The van der Waals surface area contributed by atoms with Gasteiger partial charge in [-0.25, -0.2) is 4.79 Å². The predicted octanol–water partition coefficient (Wildman–Crippen LogP) is 0.811. The number of aromatic carboxylic acids is 1. The fraction of sp³-hybridized carbons (Fsp3) is 0. The van der Waals surface area contributed by atoms with Crippen LogP contribution in [0.3, 0.4) is 0 Å². The second kappa shape index (κ2) is 4.84. The minimum absolute atomic E-state index is 0. The fourth-order valence-corrected chi connectivity index (χ4v) is 0.692. The molecule has 0 saturated heterocycles. The number of rotatable bonds is 1. The molecule has 1 rings (SSSR count). The molecule has 0 heterocycles. The summed E-state index contributed by atoms with van der Waals surface area (Å²) in [5.41, 5.74) is 5.80. The van der Waals surface area contributed by atoms with Crippen LogP contribution in [0.1, 0.15) is 13.2 Å². The molecule has 0 unspecified atom stereocenters. The zero-order valence-electron chi connectivity index (χ0n) is 7.95. The van der Waals surface area contributed by atoms with Gasteiger partial charge in [-0.1, -0.05) is 12.1 Å². The van der Waals surface area contributed by atoms with E-state index in [1.807, 2.05) is 0 Å². The summed E-state index contributed by atoms with van der Waals surface area (Å²) in [6, 6.07) is 6.36. The van der Waals surface area contributed by atoms with Crippen molar-refractivity contribution in [1.29, 1.82) is 0 Å². The van der Waals surface area contributed by atoms with Gasteiger partial charge in [0, 0.05) is 5.69 Å². The van der Waals surface area contributed by atoms with Crippen LogP contribution in [-0.4, -0.2) is 60.0 Å². The first-order valence-corrected chi connectivity index (χ1v) is 2.79. The molecular formula is C7H9BaNO2. The zero-order valence-corrected chi connectivity index (χ0v) is 10.4. The van der Waals surface area contributed by atoms with E-state index in [1.165, 1.54) is 6.07 Å². The van der Waals surface area contributed by atoms with Gasteiger partial charge in [0.15, 0.2) is 0 Å². The van der Waals surface area contributed by atoms with Gasteiger partial charge in [0.05, 0.1) is 5.56 Å². The average Bonchev–Trinajstić information content (AvgIpc) is 1.88. The Balaban J connectivity index is -0.000000333. The molecule has 0 aliphatic rings. The van der Waals surface area contributed by atoms with Crippen LogP contribution < -0.4 is 5.73 Å². The molecule has 11 heavy (non-hydrogen) atoms. The van der Waals surface area contributed by atoms with Gasteiger partial charge in [-0.3, -0.25) is 0 Å². The van der Waals surface area contributed by atoms with Gasteiger partial charge in [-0.05, 0) is 12.1 Å². The smallest absolute Gasteiger partial charge is 1.00 e. The van der Waals surface area contributed by atoms with E-state index < -0.39 is 5.97 Å². The molecule has 0 aromatic heterocycles. The first-order valence-electron chi connectivity index (χ1n) is 2.79. The van der Waals surface area contributed by atoms with Crippen LogP contribution in [0, 0.1) is 0 Å². The van der Waals surface area contributed by atoms with Gasteiger partial charge < -0.3 is 13.7 Å². The van der Waals surface area contributed by atoms with Crippen LogP contribution in [0.25, 0.3) is 0 Å². The van der Waals surface area contributed by atoms with Gasteiger partial charge in [-0.15, -0.1) is 0 Å². The van der Waals surface area contributed by atoms with Crippen molar-refractivity contribution < 1.29 is 12.8 Å². The number of nitrogens with two attached hydrogens (primary N) is 1. The van der Waals surface area contributed by atoms with Gasteiger partial charge in [-0.2, -0.15) is 0 Å². The first kappa shape index (κ1) is 11.1. The summed E-state index contributed by atoms with van der Waals surface area (Å²) in [6.45, 7) is 0. The van der Waals surface area contributed by atoms with Crippen LogP contribution in [0.2, 0.25) is 0 Å². The molecule has 0 spiro atoms. The van der Waals surface area contributed by atoms with Crippen molar-refractivity contribution in [3.8, 4) is 0 Å². The first-order chi connectivity index (χ1) is 4.72. The Morgan fingerprint density at radius 3 is 2.36 bits per heavy atom. The molecule has 0 fully saturated rings. The van der Waals surface area contributed by atoms with Gasteiger partial charge in [0.1, 0.15) is 0 Å². The summed E-state index contributed by atoms with van der Waals surface area (Å²) in [7, 11) is 0. The Labute approximate surface area is 108 Å². The van der Waals surface area contributed by atoms with E-state index in [2.05, 4.69) is 0 Å². The maximum atomic E-state index is 10.3. The third-order valence-corrected chi connectivity index (χ3v) is 1.19. The van der Waals surface area contributed by atoms with E-state index in [-0.39, 0.29) is 57.3 Å². The average molecular weight is 276 g/mol. The Kier molecular flexibility index (Phi) is 4.87. The molecule has 4 heteroatoms. The molecule has 0 atom stereocenters. The summed E-state index contributed by atoms with van der Waals surface area (Å²) in [4.78, 5) is 10.3. The Bertz CT molecular complexity index is 270. The van der Waals surface area contributed by atoms with E-state index in [0.29, 0.717) is 5.69 Å². The minimum atomic E-state index is -0.988. The molecule has 0 bridgehead atoms. The molecule has 0 radical (unpaired) electrons. The van der Waals surface area contributed by atoms with Gasteiger partial charge in [0.2, 0.25) is 0 Å². The maximum absolute atomic E-state index is 10.3. The summed E-state index contributed by atoms with van der Waals surface area (Å²) >= 11 is 0. The van der Waals surface area contributed by atoms with Gasteiger partial charge >= 0.3 is 54.9 Å². The normalized spacial score (nSPS) is 8.36. The molecule has 0 aliphatic heterocycles. The van der Waals surface area contributed by atoms with Crippen molar-refractivity contribution in [2.75, 3.05) is 5.73 Å². The number of carboxylic acid groups (broad SMARTS) is 1. The molecule has 56 valence electrons. The van der Waals surface area contributed by atoms with Crippen LogP contribution in [0.4, 0.5) is 5.69 Å². The maximum Gasteiger partial charge on any atom is 2.00 e. The zero-order chi connectivity index (χ0) is 7.56. The Morgan fingerprint density at radius 2 is 2.00 bits per heavy atom. The Hall–Kier alpha value is 0.0614. The summed E-state index contributed by atoms with van der Waals surface area (Å²) in [6.07, 6.45) is 0. The number of nitrogen functional groups attached to an aromatic ring is 1. The third kappa shape index (κ3) is 2.88. The number of para-hydroxylation sites is 1. The van der Waals surface area contributed by atoms with Crippen LogP contribution in [0.5, 0.6) is 0 Å². The molecule has 3 N–H and O–H groups in total. The fourth-order valence-electron chi connectivity index (χ4n) is 0.692. The second-order valence-corrected chi connectivity index (χ2v) is 1.89. The number of anilines is 1. The molecule has 1 aromatic rings. The largest absolute Gasteiger partial charge is 2.00 e. The number of carbonyl (C=O) groups is 1. The minimum Gasteiger partial charge on any atom is -1.00 e.